The van der Waals surface area contributed by atoms with Gasteiger partial charge in [-0.15, -0.1) is 0 Å². The van der Waals surface area contributed by atoms with Gasteiger partial charge in [-0.2, -0.15) is 0 Å². The number of hydrogen-bond acceptors (Lipinski definition) is 2. The minimum absolute atomic E-state index is 0.0681. The zero-order chi connectivity index (χ0) is 12.3. The summed E-state index contributed by atoms with van der Waals surface area (Å²) in [4.78, 5) is 11.1. The molecule has 2 nitrogen and oxygen atoms in total. The fourth-order valence-corrected chi connectivity index (χ4v) is 2.78. The summed E-state index contributed by atoms with van der Waals surface area (Å²) in [5.41, 5.74) is 1.23. The van der Waals surface area contributed by atoms with Gasteiger partial charge in [0.15, 0.2) is 0 Å². The fraction of sp³-hybridized carbons (Fsp3) is 0.357. The summed E-state index contributed by atoms with van der Waals surface area (Å²) < 4.78 is 4.87. The third kappa shape index (κ3) is 6.98. The molecular weight excluding hydrogens is 279 g/mol. The molecule has 0 heterocycles. The molecule has 0 aromatic heterocycles. The summed E-state index contributed by atoms with van der Waals surface area (Å²) in [6.45, 7) is 2.32. The Balaban J connectivity index is 2.08. The summed E-state index contributed by atoms with van der Waals surface area (Å²) >= 11 is 0.498. The Kier molecular flexibility index (Phi) is 7.44. The van der Waals surface area contributed by atoms with Gasteiger partial charge in [0.25, 0.3) is 0 Å². The molecule has 0 amide bonds. The van der Waals surface area contributed by atoms with Crippen LogP contribution in [0.25, 0.3) is 6.08 Å². The Hall–Kier alpha value is -1.05. The summed E-state index contributed by atoms with van der Waals surface area (Å²) in [5.74, 6) is -0.0681. The molecule has 0 spiro atoms. The molecule has 0 radical (unpaired) electrons. The molecule has 0 saturated carbocycles. The van der Waals surface area contributed by atoms with Crippen molar-refractivity contribution in [2.45, 2.75) is 24.0 Å². The Labute approximate surface area is 109 Å². The van der Waals surface area contributed by atoms with Crippen molar-refractivity contribution in [2.75, 3.05) is 6.61 Å². The molecule has 0 aliphatic rings. The second-order valence-corrected chi connectivity index (χ2v) is 5.86. The predicted molar refractivity (Wildman–Crippen MR) is 72.1 cm³/mol. The number of allylic oxidation sites excluding steroid dienone is 1. The van der Waals surface area contributed by atoms with Crippen LogP contribution in [-0.2, 0) is 9.53 Å². The molecule has 1 aromatic rings. The Morgan fingerprint density at radius 2 is 2.12 bits per heavy atom. The number of ether oxygens (including phenoxy) is 1. The minimum atomic E-state index is -0.0681. The second kappa shape index (κ2) is 9.03. The van der Waals surface area contributed by atoms with Crippen molar-refractivity contribution in [1.82, 2.24) is 0 Å². The van der Waals surface area contributed by atoms with E-state index in [0.717, 1.165) is 10.6 Å². The SMILES string of the molecule is CCOC(=O)CC[Se]C/C=C/c1ccccc1. The number of hydrogen-bond donors (Lipinski definition) is 0. The van der Waals surface area contributed by atoms with Crippen molar-refractivity contribution >= 4 is 27.0 Å². The Morgan fingerprint density at radius 3 is 2.82 bits per heavy atom. The summed E-state index contributed by atoms with van der Waals surface area (Å²) in [5, 5.41) is 2.03. The quantitative estimate of drug-likeness (QED) is 0.439. The van der Waals surface area contributed by atoms with Crippen molar-refractivity contribution in [2.24, 2.45) is 0 Å². The van der Waals surface area contributed by atoms with Crippen LogP contribution in [0.1, 0.15) is 18.9 Å². The van der Waals surface area contributed by atoms with E-state index in [1.54, 1.807) is 0 Å². The van der Waals surface area contributed by atoms with E-state index in [1.807, 2.05) is 25.1 Å². The van der Waals surface area contributed by atoms with Gasteiger partial charge in [0.1, 0.15) is 0 Å². The van der Waals surface area contributed by atoms with E-state index in [-0.39, 0.29) is 5.97 Å². The zero-order valence-corrected chi connectivity index (χ0v) is 11.8. The van der Waals surface area contributed by atoms with Crippen LogP contribution in [-0.4, -0.2) is 27.5 Å². The number of esters is 1. The van der Waals surface area contributed by atoms with Gasteiger partial charge in [0.05, 0.1) is 0 Å². The molecule has 0 bridgehead atoms. The normalized spacial score (nSPS) is 10.6. The third-order valence-corrected chi connectivity index (χ3v) is 4.01. The Bertz CT molecular complexity index is 346. The second-order valence-electron chi connectivity index (χ2n) is 3.44. The van der Waals surface area contributed by atoms with Crippen LogP contribution in [0.5, 0.6) is 0 Å². The maximum atomic E-state index is 11.1. The van der Waals surface area contributed by atoms with Gasteiger partial charge in [0.2, 0.25) is 0 Å². The molecule has 17 heavy (non-hydrogen) atoms. The van der Waals surface area contributed by atoms with E-state index in [1.165, 1.54) is 5.56 Å². The van der Waals surface area contributed by atoms with Crippen molar-refractivity contribution in [3.05, 3.63) is 42.0 Å². The zero-order valence-electron chi connectivity index (χ0n) is 10.1. The van der Waals surface area contributed by atoms with E-state index in [2.05, 4.69) is 24.3 Å². The molecular formula is C14H18O2Se. The predicted octanol–water partition coefficient (Wildman–Crippen LogP) is 3.19. The van der Waals surface area contributed by atoms with Gasteiger partial charge < -0.3 is 0 Å². The van der Waals surface area contributed by atoms with E-state index in [0.29, 0.717) is 28.0 Å². The van der Waals surface area contributed by atoms with Crippen LogP contribution in [0.2, 0.25) is 10.6 Å². The molecule has 1 rings (SSSR count). The molecule has 0 aliphatic heterocycles. The first-order valence-corrected chi connectivity index (χ1v) is 8.20. The average molecular weight is 297 g/mol. The number of benzene rings is 1. The summed E-state index contributed by atoms with van der Waals surface area (Å²) in [6.07, 6.45) is 4.87. The molecule has 1 aromatic carbocycles. The first-order chi connectivity index (χ1) is 8.33. The molecule has 0 atom stereocenters. The molecule has 0 N–H and O–H groups in total. The van der Waals surface area contributed by atoms with Crippen LogP contribution in [0, 0.1) is 0 Å². The van der Waals surface area contributed by atoms with Crippen molar-refractivity contribution in [3.63, 3.8) is 0 Å². The topological polar surface area (TPSA) is 26.3 Å². The van der Waals surface area contributed by atoms with Gasteiger partial charge in [0, 0.05) is 0 Å². The number of rotatable bonds is 7. The first-order valence-electron chi connectivity index (χ1n) is 5.78. The molecule has 0 unspecified atom stereocenters. The van der Waals surface area contributed by atoms with Crippen LogP contribution < -0.4 is 0 Å². The fourth-order valence-electron chi connectivity index (χ4n) is 1.29. The summed E-state index contributed by atoms with van der Waals surface area (Å²) in [7, 11) is 0. The molecule has 3 heteroatoms. The van der Waals surface area contributed by atoms with Crippen LogP contribution in [0.4, 0.5) is 0 Å². The molecule has 0 saturated heterocycles. The van der Waals surface area contributed by atoms with E-state index in [4.69, 9.17) is 4.74 Å². The van der Waals surface area contributed by atoms with E-state index < -0.39 is 0 Å². The van der Waals surface area contributed by atoms with Gasteiger partial charge in [-0.1, -0.05) is 0 Å². The van der Waals surface area contributed by atoms with Gasteiger partial charge in [-0.3, -0.25) is 0 Å². The standard InChI is InChI=1S/C14H18O2Se/c1-2-16-14(15)10-12-17-11-6-9-13-7-4-3-5-8-13/h3-9H,2,10-12H2,1H3/b9-6+. The maximum absolute atomic E-state index is 11.1. The van der Waals surface area contributed by atoms with Gasteiger partial charge in [-0.25, -0.2) is 0 Å². The Morgan fingerprint density at radius 1 is 1.35 bits per heavy atom. The van der Waals surface area contributed by atoms with E-state index >= 15 is 0 Å². The summed E-state index contributed by atoms with van der Waals surface area (Å²) in [6, 6.07) is 10.3. The van der Waals surface area contributed by atoms with Crippen LogP contribution in [0.3, 0.4) is 0 Å². The van der Waals surface area contributed by atoms with Crippen molar-refractivity contribution < 1.29 is 9.53 Å². The monoisotopic (exact) mass is 298 g/mol. The molecule has 92 valence electrons. The van der Waals surface area contributed by atoms with Crippen molar-refractivity contribution in [3.8, 4) is 0 Å². The number of carbonyl (C=O) groups excluding carboxylic acids is 1. The number of carbonyl (C=O) groups is 1. The first kappa shape index (κ1) is 14.0. The van der Waals surface area contributed by atoms with Crippen molar-refractivity contribution in [1.29, 1.82) is 0 Å². The van der Waals surface area contributed by atoms with Crippen LogP contribution >= 0.6 is 0 Å². The van der Waals surface area contributed by atoms with Gasteiger partial charge >= 0.3 is 109 Å². The van der Waals surface area contributed by atoms with Crippen LogP contribution in [0.15, 0.2) is 36.4 Å². The third-order valence-electron chi connectivity index (χ3n) is 2.08. The molecule has 0 fully saturated rings. The van der Waals surface area contributed by atoms with E-state index in [9.17, 15) is 4.79 Å². The average Bonchev–Trinajstić information content (AvgIpc) is 2.35. The van der Waals surface area contributed by atoms with Gasteiger partial charge in [-0.05, 0) is 0 Å². The molecule has 0 aliphatic carbocycles.